The van der Waals surface area contributed by atoms with Crippen LogP contribution in [0.15, 0.2) is 30.3 Å². The number of benzene rings is 1. The van der Waals surface area contributed by atoms with Gasteiger partial charge >= 0.3 is 5.97 Å². The number of amides is 1. The summed E-state index contributed by atoms with van der Waals surface area (Å²) >= 11 is 8.89. The zero-order valence-corrected chi connectivity index (χ0v) is 14.7. The van der Waals surface area contributed by atoms with Crippen molar-refractivity contribution < 1.29 is 14.3 Å². The van der Waals surface area contributed by atoms with Crippen molar-refractivity contribution in [3.63, 3.8) is 0 Å². The highest BCUT2D eigenvalue weighted by Crippen LogP contribution is 2.37. The quantitative estimate of drug-likeness (QED) is 0.667. The van der Waals surface area contributed by atoms with E-state index >= 15 is 0 Å². The number of anilines is 1. The summed E-state index contributed by atoms with van der Waals surface area (Å²) in [5.41, 5.74) is 1.03. The Balaban J connectivity index is 1.89. The smallest absolute Gasteiger partial charge is 0.348 e. The van der Waals surface area contributed by atoms with Crippen molar-refractivity contribution in [2.24, 2.45) is 0 Å². The molecule has 1 N–H and O–H groups in total. The van der Waals surface area contributed by atoms with Crippen molar-refractivity contribution in [1.82, 2.24) is 0 Å². The molecule has 0 bridgehead atoms. The fourth-order valence-corrected chi connectivity index (χ4v) is 4.60. The molecule has 0 radical (unpaired) electrons. The first-order valence-electron chi connectivity index (χ1n) is 6.68. The number of esters is 1. The van der Waals surface area contributed by atoms with Crippen molar-refractivity contribution >= 4 is 61.2 Å². The minimum atomic E-state index is -0.425. The molecule has 0 fully saturated rings. The monoisotopic (exact) mass is 365 g/mol. The molecule has 0 atom stereocenters. The Labute approximate surface area is 145 Å². The van der Waals surface area contributed by atoms with Gasteiger partial charge in [0.05, 0.1) is 17.1 Å². The third-order valence-corrected chi connectivity index (χ3v) is 5.93. The van der Waals surface area contributed by atoms with E-state index in [1.54, 1.807) is 12.1 Å². The van der Waals surface area contributed by atoms with Gasteiger partial charge in [0.15, 0.2) is 0 Å². The van der Waals surface area contributed by atoms with Crippen LogP contribution >= 0.6 is 34.3 Å². The number of hydrogen-bond donors (Lipinski definition) is 1. The molecule has 3 aromatic rings. The predicted molar refractivity (Wildman–Crippen MR) is 95.2 cm³/mol. The molecular formula is C16H12ClNO3S2. The first-order valence-corrected chi connectivity index (χ1v) is 8.69. The summed E-state index contributed by atoms with van der Waals surface area (Å²) in [7, 11) is 1.32. The van der Waals surface area contributed by atoms with E-state index in [2.05, 4.69) is 10.1 Å². The van der Waals surface area contributed by atoms with E-state index in [0.29, 0.717) is 19.8 Å². The van der Waals surface area contributed by atoms with E-state index in [1.807, 2.05) is 25.1 Å². The van der Waals surface area contributed by atoms with Crippen molar-refractivity contribution in [3.05, 3.63) is 50.7 Å². The van der Waals surface area contributed by atoms with Gasteiger partial charge in [0.1, 0.15) is 9.75 Å². The van der Waals surface area contributed by atoms with Gasteiger partial charge in [0.2, 0.25) is 0 Å². The van der Waals surface area contributed by atoms with E-state index < -0.39 is 5.97 Å². The lowest BCUT2D eigenvalue weighted by Gasteiger charge is -2.00. The number of ether oxygens (including phenoxy) is 1. The lowest BCUT2D eigenvalue weighted by atomic mass is 10.1. The van der Waals surface area contributed by atoms with Crippen LogP contribution < -0.4 is 5.32 Å². The van der Waals surface area contributed by atoms with Gasteiger partial charge in [-0.2, -0.15) is 0 Å². The lowest BCUT2D eigenvalue weighted by Crippen LogP contribution is -2.09. The normalized spacial score (nSPS) is 10.7. The maximum Gasteiger partial charge on any atom is 0.348 e. The van der Waals surface area contributed by atoms with E-state index in [9.17, 15) is 9.59 Å². The van der Waals surface area contributed by atoms with Crippen molar-refractivity contribution in [3.8, 4) is 0 Å². The molecule has 2 heterocycles. The average molecular weight is 366 g/mol. The number of rotatable bonds is 3. The molecular weight excluding hydrogens is 354 g/mol. The molecule has 4 nitrogen and oxygen atoms in total. The van der Waals surface area contributed by atoms with Crippen molar-refractivity contribution in [1.29, 1.82) is 0 Å². The molecule has 118 valence electrons. The largest absolute Gasteiger partial charge is 0.465 e. The maximum absolute atomic E-state index is 12.5. The molecule has 0 unspecified atom stereocenters. The van der Waals surface area contributed by atoms with Gasteiger partial charge in [-0.05, 0) is 30.7 Å². The SMILES string of the molecule is COC(=O)c1ccc(NC(=O)c2sc3cccc(C)c3c2Cl)s1. The van der Waals surface area contributed by atoms with E-state index in [4.69, 9.17) is 11.6 Å². The fourth-order valence-electron chi connectivity index (χ4n) is 2.21. The topological polar surface area (TPSA) is 55.4 Å². The minimum Gasteiger partial charge on any atom is -0.465 e. The van der Waals surface area contributed by atoms with Gasteiger partial charge in [0.25, 0.3) is 5.91 Å². The summed E-state index contributed by atoms with van der Waals surface area (Å²) in [5.74, 6) is -0.708. The lowest BCUT2D eigenvalue weighted by molar-refractivity contribution is 0.0606. The molecule has 2 aromatic heterocycles. The molecule has 1 amide bonds. The number of halogens is 1. The number of carbonyl (C=O) groups is 2. The summed E-state index contributed by atoms with van der Waals surface area (Å²) in [4.78, 5) is 24.8. The molecule has 0 aliphatic carbocycles. The van der Waals surface area contributed by atoms with Gasteiger partial charge in [-0.25, -0.2) is 4.79 Å². The molecule has 0 spiro atoms. The number of carbonyl (C=O) groups excluding carboxylic acids is 2. The number of nitrogens with one attached hydrogen (secondary N) is 1. The Morgan fingerprint density at radius 3 is 2.65 bits per heavy atom. The highest BCUT2D eigenvalue weighted by Gasteiger charge is 2.19. The Bertz CT molecular complexity index is 913. The first-order chi connectivity index (χ1) is 11.0. The van der Waals surface area contributed by atoms with Crippen LogP contribution in [0.2, 0.25) is 5.02 Å². The predicted octanol–water partition coefficient (Wildman–Crippen LogP) is 4.96. The van der Waals surface area contributed by atoms with Gasteiger partial charge in [-0.3, -0.25) is 4.79 Å². The van der Waals surface area contributed by atoms with Crippen LogP contribution in [0.1, 0.15) is 24.9 Å². The average Bonchev–Trinajstić information content (AvgIpc) is 3.12. The van der Waals surface area contributed by atoms with E-state index in [0.717, 1.165) is 27.0 Å². The third-order valence-electron chi connectivity index (χ3n) is 3.30. The summed E-state index contributed by atoms with van der Waals surface area (Å²) in [6.07, 6.45) is 0. The summed E-state index contributed by atoms with van der Waals surface area (Å²) in [6.45, 7) is 1.96. The molecule has 0 aliphatic rings. The van der Waals surface area contributed by atoms with E-state index in [-0.39, 0.29) is 5.91 Å². The molecule has 0 saturated heterocycles. The third kappa shape index (κ3) is 2.97. The first kappa shape index (κ1) is 16.0. The molecule has 23 heavy (non-hydrogen) atoms. The highest BCUT2D eigenvalue weighted by atomic mass is 35.5. The Morgan fingerprint density at radius 2 is 1.96 bits per heavy atom. The van der Waals surface area contributed by atoms with Crippen LogP contribution in [0.3, 0.4) is 0 Å². The molecule has 0 aliphatic heterocycles. The standard InChI is InChI=1S/C16H12ClNO3S2/c1-8-4-3-5-9-12(8)13(17)14(23-9)15(19)18-11-7-6-10(22-11)16(20)21-2/h3-7H,1-2H3,(H,18,19). The number of methoxy groups -OCH3 is 1. The molecule has 0 saturated carbocycles. The Morgan fingerprint density at radius 1 is 1.17 bits per heavy atom. The van der Waals surface area contributed by atoms with Gasteiger partial charge in [-0.1, -0.05) is 23.7 Å². The zero-order chi connectivity index (χ0) is 16.6. The summed E-state index contributed by atoms with van der Waals surface area (Å²) < 4.78 is 5.62. The molecule has 7 heteroatoms. The second-order valence-electron chi connectivity index (χ2n) is 4.80. The Hall–Kier alpha value is -1.89. The van der Waals surface area contributed by atoms with Crippen molar-refractivity contribution in [2.75, 3.05) is 12.4 Å². The summed E-state index contributed by atoms with van der Waals surface area (Å²) in [5, 5.41) is 4.72. The minimum absolute atomic E-state index is 0.283. The van der Waals surface area contributed by atoms with Crippen molar-refractivity contribution in [2.45, 2.75) is 6.92 Å². The molecule has 3 rings (SSSR count). The van der Waals surface area contributed by atoms with Crippen LogP contribution in [-0.2, 0) is 4.74 Å². The number of aryl methyl sites for hydroxylation is 1. The zero-order valence-electron chi connectivity index (χ0n) is 12.3. The van der Waals surface area contributed by atoms with Gasteiger partial charge in [-0.15, -0.1) is 22.7 Å². The van der Waals surface area contributed by atoms with Crippen LogP contribution in [0.4, 0.5) is 5.00 Å². The van der Waals surface area contributed by atoms with Crippen LogP contribution in [-0.4, -0.2) is 19.0 Å². The van der Waals surface area contributed by atoms with Crippen LogP contribution in [0, 0.1) is 6.92 Å². The number of thiophene rings is 2. The molecule has 1 aromatic carbocycles. The van der Waals surface area contributed by atoms with E-state index in [1.165, 1.54) is 18.4 Å². The van der Waals surface area contributed by atoms with Gasteiger partial charge in [0, 0.05) is 10.1 Å². The second kappa shape index (κ2) is 6.31. The van der Waals surface area contributed by atoms with Gasteiger partial charge < -0.3 is 10.1 Å². The fraction of sp³-hybridized carbons (Fsp3) is 0.125. The maximum atomic E-state index is 12.5. The van der Waals surface area contributed by atoms with Crippen LogP contribution in [0.5, 0.6) is 0 Å². The number of hydrogen-bond acceptors (Lipinski definition) is 5. The second-order valence-corrected chi connectivity index (χ2v) is 7.32. The Kier molecular flexibility index (Phi) is 4.39. The highest BCUT2D eigenvalue weighted by molar-refractivity contribution is 7.22. The number of fused-ring (bicyclic) bond motifs is 1. The summed E-state index contributed by atoms with van der Waals surface area (Å²) in [6, 6.07) is 9.12. The van der Waals surface area contributed by atoms with Crippen LogP contribution in [0.25, 0.3) is 10.1 Å².